The molecule has 1 N–H and O–H groups in total. The van der Waals surface area contributed by atoms with Gasteiger partial charge in [-0.25, -0.2) is 0 Å². The summed E-state index contributed by atoms with van der Waals surface area (Å²) in [5, 5.41) is 9.42. The van der Waals surface area contributed by atoms with E-state index < -0.39 is 6.10 Å². The Hall–Kier alpha value is -1.10. The van der Waals surface area contributed by atoms with Gasteiger partial charge in [-0.2, -0.15) is 0 Å². The highest BCUT2D eigenvalue weighted by atomic mass is 16.6. The predicted octanol–water partition coefficient (Wildman–Crippen LogP) is 7.52. The maximum Gasteiger partial charge on any atom is 0.306 e. The lowest BCUT2D eigenvalue weighted by molar-refractivity contribution is -0.161. The first-order valence-electron chi connectivity index (χ1n) is 14.0. The fourth-order valence-corrected chi connectivity index (χ4v) is 3.88. The van der Waals surface area contributed by atoms with Crippen LogP contribution in [0.25, 0.3) is 0 Å². The minimum Gasteiger partial charge on any atom is -0.462 e. The van der Waals surface area contributed by atoms with Gasteiger partial charge < -0.3 is 14.6 Å². The van der Waals surface area contributed by atoms with Crippen LogP contribution in [0, 0.1) is 5.92 Å². The number of ether oxygens (including phenoxy) is 2. The zero-order chi connectivity index (χ0) is 24.6. The van der Waals surface area contributed by atoms with Crippen LogP contribution in [0.3, 0.4) is 0 Å². The van der Waals surface area contributed by atoms with E-state index in [0.717, 1.165) is 44.4 Å². The van der Waals surface area contributed by atoms with Crippen molar-refractivity contribution >= 4 is 11.9 Å². The van der Waals surface area contributed by atoms with Gasteiger partial charge in [-0.1, -0.05) is 117 Å². The number of hydrogen-bond donors (Lipinski definition) is 1. The Balaban J connectivity index is 3.63. The summed E-state index contributed by atoms with van der Waals surface area (Å²) in [7, 11) is 0. The van der Waals surface area contributed by atoms with Gasteiger partial charge >= 0.3 is 11.9 Å². The Bertz CT molecular complexity index is 452. The highest BCUT2D eigenvalue weighted by Gasteiger charge is 2.16. The Morgan fingerprint density at radius 2 is 1.18 bits per heavy atom. The Labute approximate surface area is 204 Å². The molecular weight excluding hydrogens is 416 g/mol. The topological polar surface area (TPSA) is 72.8 Å². The van der Waals surface area contributed by atoms with Crippen molar-refractivity contribution in [1.29, 1.82) is 0 Å². The molecule has 2 atom stereocenters. The van der Waals surface area contributed by atoms with Gasteiger partial charge in [0.1, 0.15) is 6.61 Å². The monoisotopic (exact) mass is 470 g/mol. The summed E-state index contributed by atoms with van der Waals surface area (Å²) in [5.41, 5.74) is 0. The molecule has 0 aromatic heterocycles. The average molecular weight is 471 g/mol. The van der Waals surface area contributed by atoms with Crippen LogP contribution < -0.4 is 0 Å². The second-order valence-electron chi connectivity index (χ2n) is 9.73. The smallest absolute Gasteiger partial charge is 0.306 e. The molecule has 0 saturated heterocycles. The third-order valence-electron chi connectivity index (χ3n) is 6.44. The zero-order valence-corrected chi connectivity index (χ0v) is 22.1. The summed E-state index contributed by atoms with van der Waals surface area (Å²) >= 11 is 0. The first-order valence-corrected chi connectivity index (χ1v) is 14.0. The van der Waals surface area contributed by atoms with Crippen LogP contribution in [0.2, 0.25) is 0 Å². The van der Waals surface area contributed by atoms with E-state index in [9.17, 15) is 14.7 Å². The Morgan fingerprint density at radius 3 is 1.70 bits per heavy atom. The number of aliphatic hydroxyl groups excluding tert-OH is 1. The van der Waals surface area contributed by atoms with Crippen molar-refractivity contribution in [3.8, 4) is 0 Å². The molecule has 0 aromatic rings. The SMILES string of the molecule is CCCCCCCCCCCC(=O)O[C@@H](CO)COC(=O)CCCCCCCCC(C)CC. The van der Waals surface area contributed by atoms with E-state index >= 15 is 0 Å². The maximum atomic E-state index is 12.0. The van der Waals surface area contributed by atoms with Gasteiger partial charge in [0.25, 0.3) is 0 Å². The quantitative estimate of drug-likeness (QED) is 0.117. The second kappa shape index (κ2) is 24.0. The van der Waals surface area contributed by atoms with Crippen molar-refractivity contribution in [2.45, 2.75) is 149 Å². The molecule has 0 saturated carbocycles. The van der Waals surface area contributed by atoms with Gasteiger partial charge in [0.15, 0.2) is 6.10 Å². The van der Waals surface area contributed by atoms with Gasteiger partial charge in [-0.3, -0.25) is 9.59 Å². The van der Waals surface area contributed by atoms with Crippen LogP contribution in [0.5, 0.6) is 0 Å². The molecule has 1 unspecified atom stereocenters. The third kappa shape index (κ3) is 22.5. The van der Waals surface area contributed by atoms with Crippen LogP contribution in [-0.4, -0.2) is 36.4 Å². The molecule has 0 amide bonds. The van der Waals surface area contributed by atoms with Crippen molar-refractivity contribution in [1.82, 2.24) is 0 Å². The van der Waals surface area contributed by atoms with Gasteiger partial charge in [0, 0.05) is 12.8 Å². The number of hydrogen-bond acceptors (Lipinski definition) is 5. The lowest BCUT2D eigenvalue weighted by atomic mass is 10.00. The van der Waals surface area contributed by atoms with Crippen LogP contribution in [0.4, 0.5) is 0 Å². The molecular formula is C28H54O5. The largest absolute Gasteiger partial charge is 0.462 e. The highest BCUT2D eigenvalue weighted by molar-refractivity contribution is 5.70. The maximum absolute atomic E-state index is 12.0. The summed E-state index contributed by atoms with van der Waals surface area (Å²) in [6, 6.07) is 0. The van der Waals surface area contributed by atoms with Crippen molar-refractivity contribution in [3.05, 3.63) is 0 Å². The van der Waals surface area contributed by atoms with E-state index in [0.29, 0.717) is 12.8 Å². The molecule has 0 aliphatic rings. The molecule has 0 aromatic carbocycles. The second-order valence-corrected chi connectivity index (χ2v) is 9.73. The van der Waals surface area contributed by atoms with Crippen molar-refractivity contribution < 1.29 is 24.2 Å². The first kappa shape index (κ1) is 31.9. The van der Waals surface area contributed by atoms with Crippen LogP contribution in [-0.2, 0) is 19.1 Å². The zero-order valence-electron chi connectivity index (χ0n) is 22.1. The Kier molecular flexibility index (Phi) is 23.2. The number of aliphatic hydroxyl groups is 1. The molecule has 5 nitrogen and oxygen atoms in total. The van der Waals surface area contributed by atoms with Gasteiger partial charge in [-0.05, 0) is 18.8 Å². The third-order valence-corrected chi connectivity index (χ3v) is 6.44. The minimum absolute atomic E-state index is 0.0611. The predicted molar refractivity (Wildman–Crippen MR) is 136 cm³/mol. The molecule has 0 aliphatic carbocycles. The molecule has 0 rings (SSSR count). The van der Waals surface area contributed by atoms with E-state index in [-0.39, 0.29) is 25.2 Å². The molecule has 0 aliphatic heterocycles. The lowest BCUT2D eigenvalue weighted by Gasteiger charge is -2.15. The fraction of sp³-hybridized carbons (Fsp3) is 0.929. The number of esters is 2. The standard InChI is InChI=1S/C28H54O5/c1-4-6-7-8-9-10-11-16-19-22-28(31)33-26(23-29)24-32-27(30)21-18-15-13-12-14-17-20-25(3)5-2/h25-26,29H,4-24H2,1-3H3/t25?,26-/m0/s1. The lowest BCUT2D eigenvalue weighted by Crippen LogP contribution is -2.28. The van der Waals surface area contributed by atoms with E-state index in [4.69, 9.17) is 9.47 Å². The molecule has 0 bridgehead atoms. The molecule has 0 radical (unpaired) electrons. The summed E-state index contributed by atoms with van der Waals surface area (Å²) in [6.07, 6.45) is 20.1. The van der Waals surface area contributed by atoms with E-state index in [1.165, 1.54) is 70.6 Å². The van der Waals surface area contributed by atoms with E-state index in [2.05, 4.69) is 20.8 Å². The van der Waals surface area contributed by atoms with Crippen molar-refractivity contribution in [3.63, 3.8) is 0 Å². The van der Waals surface area contributed by atoms with Crippen molar-refractivity contribution in [2.24, 2.45) is 5.92 Å². The first-order chi connectivity index (χ1) is 16.0. The Morgan fingerprint density at radius 1 is 0.697 bits per heavy atom. The molecule has 0 fully saturated rings. The number of carbonyl (C=O) groups excluding carboxylic acids is 2. The summed E-state index contributed by atoms with van der Waals surface area (Å²) < 4.78 is 10.5. The average Bonchev–Trinajstić information content (AvgIpc) is 2.81. The van der Waals surface area contributed by atoms with Gasteiger partial charge in [0.05, 0.1) is 6.61 Å². The molecule has 0 heterocycles. The summed E-state index contributed by atoms with van der Waals surface area (Å²) in [4.78, 5) is 23.9. The number of rotatable bonds is 24. The van der Waals surface area contributed by atoms with Crippen LogP contribution in [0.1, 0.15) is 143 Å². The number of carbonyl (C=O) groups is 2. The van der Waals surface area contributed by atoms with E-state index in [1.807, 2.05) is 0 Å². The number of unbranched alkanes of at least 4 members (excludes halogenated alkanes) is 13. The van der Waals surface area contributed by atoms with E-state index in [1.54, 1.807) is 0 Å². The van der Waals surface area contributed by atoms with Gasteiger partial charge in [-0.15, -0.1) is 0 Å². The normalized spacial score (nSPS) is 13.0. The van der Waals surface area contributed by atoms with Crippen LogP contribution in [0.15, 0.2) is 0 Å². The van der Waals surface area contributed by atoms with Gasteiger partial charge in [0.2, 0.25) is 0 Å². The summed E-state index contributed by atoms with van der Waals surface area (Å²) in [6.45, 7) is 6.40. The minimum atomic E-state index is -0.759. The molecule has 5 heteroatoms. The molecule has 0 spiro atoms. The van der Waals surface area contributed by atoms with Crippen LogP contribution >= 0.6 is 0 Å². The summed E-state index contributed by atoms with van der Waals surface area (Å²) in [5.74, 6) is 0.235. The highest BCUT2D eigenvalue weighted by Crippen LogP contribution is 2.15. The molecule has 196 valence electrons. The molecule has 33 heavy (non-hydrogen) atoms. The fourth-order valence-electron chi connectivity index (χ4n) is 3.88. The van der Waals surface area contributed by atoms with Crippen molar-refractivity contribution in [2.75, 3.05) is 13.2 Å².